The van der Waals surface area contributed by atoms with E-state index in [1.807, 2.05) is 44.2 Å². The maximum Gasteiger partial charge on any atom is 0.273 e. The number of para-hydroxylation sites is 1. The molecule has 6 nitrogen and oxygen atoms in total. The molecule has 2 N–H and O–H groups in total. The van der Waals surface area contributed by atoms with E-state index in [1.165, 1.54) is 0 Å². The monoisotopic (exact) mass is 288 g/mol. The van der Waals surface area contributed by atoms with Gasteiger partial charge in [0, 0.05) is 6.54 Å². The van der Waals surface area contributed by atoms with Gasteiger partial charge >= 0.3 is 0 Å². The lowest BCUT2D eigenvalue weighted by Gasteiger charge is -2.24. The van der Waals surface area contributed by atoms with Crippen LogP contribution in [0.4, 0.5) is 0 Å². The van der Waals surface area contributed by atoms with E-state index in [0.29, 0.717) is 12.8 Å². The Hall–Kier alpha value is -2.21. The number of hydrogen-bond acceptors (Lipinski definition) is 4. The van der Waals surface area contributed by atoms with Crippen LogP contribution in [0.15, 0.2) is 36.5 Å². The van der Waals surface area contributed by atoms with Gasteiger partial charge in [0.1, 0.15) is 0 Å². The van der Waals surface area contributed by atoms with Gasteiger partial charge in [0.2, 0.25) is 0 Å². The lowest BCUT2D eigenvalue weighted by molar-refractivity contribution is 0.0313. The molecule has 0 aliphatic rings. The van der Waals surface area contributed by atoms with Gasteiger partial charge < -0.3 is 10.4 Å². The molecule has 0 bridgehead atoms. The Morgan fingerprint density at radius 2 is 1.95 bits per heavy atom. The SMILES string of the molecule is CCC(O)(CC)CNC(=O)c1cn(-c2ccccc2)nn1. The summed E-state index contributed by atoms with van der Waals surface area (Å²) in [5, 5.41) is 20.7. The molecule has 2 aromatic rings. The van der Waals surface area contributed by atoms with Gasteiger partial charge in [-0.15, -0.1) is 5.10 Å². The minimum atomic E-state index is -0.870. The molecule has 21 heavy (non-hydrogen) atoms. The number of carbonyl (C=O) groups is 1. The topological polar surface area (TPSA) is 80.0 Å². The van der Waals surface area contributed by atoms with Crippen LogP contribution in [0.5, 0.6) is 0 Å². The van der Waals surface area contributed by atoms with Crippen LogP contribution in [0.2, 0.25) is 0 Å². The van der Waals surface area contributed by atoms with Gasteiger partial charge in [-0.25, -0.2) is 4.68 Å². The van der Waals surface area contributed by atoms with Gasteiger partial charge in [-0.3, -0.25) is 4.79 Å². The number of rotatable bonds is 6. The number of aliphatic hydroxyl groups is 1. The Morgan fingerprint density at radius 1 is 1.29 bits per heavy atom. The summed E-state index contributed by atoms with van der Waals surface area (Å²) in [5.41, 5.74) is 0.196. The smallest absolute Gasteiger partial charge is 0.273 e. The predicted octanol–water partition coefficient (Wildman–Crippen LogP) is 1.55. The minimum Gasteiger partial charge on any atom is -0.388 e. The summed E-state index contributed by atoms with van der Waals surface area (Å²) < 4.78 is 1.54. The highest BCUT2D eigenvalue weighted by Crippen LogP contribution is 2.13. The van der Waals surface area contributed by atoms with Crippen molar-refractivity contribution in [1.29, 1.82) is 0 Å². The molecule has 0 radical (unpaired) electrons. The highest BCUT2D eigenvalue weighted by molar-refractivity contribution is 5.91. The van der Waals surface area contributed by atoms with E-state index in [9.17, 15) is 9.90 Å². The summed E-state index contributed by atoms with van der Waals surface area (Å²) >= 11 is 0. The average Bonchev–Trinajstić information content (AvgIpc) is 3.03. The van der Waals surface area contributed by atoms with Crippen LogP contribution in [0.25, 0.3) is 5.69 Å². The third-order valence-corrected chi connectivity index (χ3v) is 3.64. The molecule has 112 valence electrons. The first-order chi connectivity index (χ1) is 10.1. The van der Waals surface area contributed by atoms with Crippen LogP contribution in [0, 0.1) is 0 Å². The first-order valence-corrected chi connectivity index (χ1v) is 7.06. The lowest BCUT2D eigenvalue weighted by atomic mass is 9.97. The van der Waals surface area contributed by atoms with Crippen molar-refractivity contribution in [2.75, 3.05) is 6.54 Å². The van der Waals surface area contributed by atoms with Crippen molar-refractivity contribution in [3.63, 3.8) is 0 Å². The van der Waals surface area contributed by atoms with Crippen molar-refractivity contribution >= 4 is 5.91 Å². The predicted molar refractivity (Wildman–Crippen MR) is 79.2 cm³/mol. The molecule has 0 atom stereocenters. The highest BCUT2D eigenvalue weighted by Gasteiger charge is 2.23. The van der Waals surface area contributed by atoms with Crippen molar-refractivity contribution in [3.8, 4) is 5.69 Å². The first-order valence-electron chi connectivity index (χ1n) is 7.06. The van der Waals surface area contributed by atoms with Crippen molar-refractivity contribution in [3.05, 3.63) is 42.2 Å². The molecule has 2 rings (SSSR count). The van der Waals surface area contributed by atoms with Gasteiger partial charge in [0.15, 0.2) is 5.69 Å². The molecule has 0 unspecified atom stereocenters. The maximum atomic E-state index is 12.0. The zero-order valence-electron chi connectivity index (χ0n) is 12.3. The van der Waals surface area contributed by atoms with Gasteiger partial charge in [0.25, 0.3) is 5.91 Å². The number of aromatic nitrogens is 3. The zero-order chi connectivity index (χ0) is 15.3. The molecule has 6 heteroatoms. The summed E-state index contributed by atoms with van der Waals surface area (Å²) in [4.78, 5) is 12.0. The minimum absolute atomic E-state index is 0.205. The molecule has 0 saturated heterocycles. The van der Waals surface area contributed by atoms with Crippen molar-refractivity contribution < 1.29 is 9.90 Å². The molecular weight excluding hydrogens is 268 g/mol. The fourth-order valence-electron chi connectivity index (χ4n) is 1.91. The van der Waals surface area contributed by atoms with E-state index in [0.717, 1.165) is 5.69 Å². The van der Waals surface area contributed by atoms with Gasteiger partial charge in [-0.2, -0.15) is 0 Å². The van der Waals surface area contributed by atoms with E-state index >= 15 is 0 Å². The molecule has 1 heterocycles. The Bertz CT molecular complexity index is 591. The van der Waals surface area contributed by atoms with Crippen molar-refractivity contribution in [2.45, 2.75) is 32.3 Å². The molecule has 0 saturated carbocycles. The Balaban J connectivity index is 2.03. The number of amides is 1. The van der Waals surface area contributed by atoms with Crippen LogP contribution in [0.3, 0.4) is 0 Å². The molecule has 0 aliphatic carbocycles. The van der Waals surface area contributed by atoms with E-state index in [4.69, 9.17) is 0 Å². The number of hydrogen-bond donors (Lipinski definition) is 2. The molecule has 0 spiro atoms. The number of nitrogens with zero attached hydrogens (tertiary/aromatic N) is 3. The number of carbonyl (C=O) groups excluding carboxylic acids is 1. The third-order valence-electron chi connectivity index (χ3n) is 3.64. The van der Waals surface area contributed by atoms with Crippen molar-refractivity contribution in [1.82, 2.24) is 20.3 Å². The number of nitrogens with one attached hydrogen (secondary N) is 1. The quantitative estimate of drug-likeness (QED) is 0.845. The van der Waals surface area contributed by atoms with Crippen LogP contribution < -0.4 is 5.32 Å². The van der Waals surface area contributed by atoms with Crippen LogP contribution >= 0.6 is 0 Å². The largest absolute Gasteiger partial charge is 0.388 e. The molecule has 1 amide bonds. The van der Waals surface area contributed by atoms with Gasteiger partial charge in [0.05, 0.1) is 17.5 Å². The first kappa shape index (κ1) is 15.2. The van der Waals surface area contributed by atoms with Gasteiger partial charge in [-0.1, -0.05) is 37.3 Å². The third kappa shape index (κ3) is 3.66. The molecular formula is C15H20N4O2. The standard InChI is InChI=1S/C15H20N4O2/c1-3-15(21,4-2)11-16-14(20)13-10-19(18-17-13)12-8-6-5-7-9-12/h5-10,21H,3-4,11H2,1-2H3,(H,16,20). The van der Waals surface area contributed by atoms with E-state index in [1.54, 1.807) is 10.9 Å². The molecule has 1 aromatic heterocycles. The fourth-order valence-corrected chi connectivity index (χ4v) is 1.91. The summed E-state index contributed by atoms with van der Waals surface area (Å²) in [7, 11) is 0. The maximum absolute atomic E-state index is 12.0. The Kier molecular flexibility index (Phi) is 4.70. The normalized spacial score (nSPS) is 11.4. The fraction of sp³-hybridized carbons (Fsp3) is 0.400. The molecule has 1 aromatic carbocycles. The Morgan fingerprint density at radius 3 is 2.57 bits per heavy atom. The second-order valence-electron chi connectivity index (χ2n) is 5.00. The second-order valence-corrected chi connectivity index (χ2v) is 5.00. The van der Waals surface area contributed by atoms with E-state index < -0.39 is 5.60 Å². The van der Waals surface area contributed by atoms with Gasteiger partial charge in [-0.05, 0) is 25.0 Å². The van der Waals surface area contributed by atoms with Crippen LogP contribution in [-0.2, 0) is 0 Å². The summed E-state index contributed by atoms with van der Waals surface area (Å²) in [6.07, 6.45) is 2.74. The molecule has 0 aliphatic heterocycles. The average molecular weight is 288 g/mol. The summed E-state index contributed by atoms with van der Waals surface area (Å²) in [6.45, 7) is 3.99. The second kappa shape index (κ2) is 6.49. The summed E-state index contributed by atoms with van der Waals surface area (Å²) in [6, 6.07) is 9.44. The molecule has 0 fully saturated rings. The zero-order valence-corrected chi connectivity index (χ0v) is 12.3. The van der Waals surface area contributed by atoms with E-state index in [2.05, 4.69) is 15.6 Å². The highest BCUT2D eigenvalue weighted by atomic mass is 16.3. The van der Waals surface area contributed by atoms with Crippen LogP contribution in [0.1, 0.15) is 37.2 Å². The van der Waals surface area contributed by atoms with Crippen molar-refractivity contribution in [2.24, 2.45) is 0 Å². The summed E-state index contributed by atoms with van der Waals surface area (Å²) in [5.74, 6) is -0.336. The van der Waals surface area contributed by atoms with E-state index in [-0.39, 0.29) is 18.1 Å². The van der Waals surface area contributed by atoms with Crippen LogP contribution in [-0.4, -0.2) is 38.2 Å². The number of benzene rings is 1. The Labute approximate surface area is 123 Å². The lowest BCUT2D eigenvalue weighted by Crippen LogP contribution is -2.42.